The fourth-order valence-electron chi connectivity index (χ4n) is 3.83. The number of rotatable bonds is 5. The van der Waals surface area contributed by atoms with Crippen LogP contribution in [-0.4, -0.2) is 27.8 Å². The average Bonchev–Trinajstić information content (AvgIpc) is 3.15. The molecule has 0 radical (unpaired) electrons. The van der Waals surface area contributed by atoms with Crippen molar-refractivity contribution >= 4 is 16.9 Å². The molecule has 1 amide bonds. The third-order valence-electron chi connectivity index (χ3n) is 5.70. The molecule has 0 saturated heterocycles. The third-order valence-corrected chi connectivity index (χ3v) is 5.70. The number of hydrogen-bond donors (Lipinski definition) is 2. The zero-order chi connectivity index (χ0) is 20.1. The van der Waals surface area contributed by atoms with E-state index in [2.05, 4.69) is 20.4 Å². The van der Waals surface area contributed by atoms with Crippen LogP contribution in [0.2, 0.25) is 0 Å². The van der Waals surface area contributed by atoms with E-state index in [0.717, 1.165) is 35.3 Å². The van der Waals surface area contributed by atoms with Crippen molar-refractivity contribution in [2.45, 2.75) is 24.8 Å². The smallest absolute Gasteiger partial charge is 0.232 e. The number of carbonyl (C=O) groups excluding carboxylic acids is 1. The molecule has 4 aromatic rings. The number of H-pyrrole nitrogens is 1. The first-order valence-corrected chi connectivity index (χ1v) is 9.80. The second kappa shape index (κ2) is 6.35. The highest BCUT2D eigenvalue weighted by molar-refractivity contribution is 5.91. The van der Waals surface area contributed by atoms with E-state index in [4.69, 9.17) is 14.0 Å². The number of ether oxygens (including phenoxy) is 2. The minimum absolute atomic E-state index is 0.0616. The number of nitrogens with one attached hydrogen (secondary N) is 2. The SMILES string of the molecule is O=C(NCc1nc2ccccc2[nH]1)C1(c2cc(-c3ccc4c(c3)OCO4)on2)CC1. The molecule has 2 aliphatic rings. The van der Waals surface area contributed by atoms with Crippen molar-refractivity contribution in [2.75, 3.05) is 6.79 Å². The van der Waals surface area contributed by atoms with E-state index >= 15 is 0 Å². The number of para-hydroxylation sites is 2. The summed E-state index contributed by atoms with van der Waals surface area (Å²) in [6.07, 6.45) is 1.48. The van der Waals surface area contributed by atoms with E-state index in [1.807, 2.05) is 48.5 Å². The Morgan fingerprint density at radius 2 is 1.97 bits per heavy atom. The minimum Gasteiger partial charge on any atom is -0.454 e. The lowest BCUT2D eigenvalue weighted by atomic mass is 10.0. The van der Waals surface area contributed by atoms with Crippen molar-refractivity contribution in [1.82, 2.24) is 20.4 Å². The fraction of sp³-hybridized carbons (Fsp3) is 0.227. The van der Waals surface area contributed by atoms with Gasteiger partial charge in [0.1, 0.15) is 5.82 Å². The molecule has 8 nitrogen and oxygen atoms in total. The molecule has 1 saturated carbocycles. The van der Waals surface area contributed by atoms with Crippen LogP contribution in [0.5, 0.6) is 11.5 Å². The number of amides is 1. The first-order chi connectivity index (χ1) is 14.7. The van der Waals surface area contributed by atoms with Gasteiger partial charge in [-0.05, 0) is 43.2 Å². The van der Waals surface area contributed by atoms with Crippen LogP contribution in [0.25, 0.3) is 22.4 Å². The summed E-state index contributed by atoms with van der Waals surface area (Å²) in [6.45, 7) is 0.553. The summed E-state index contributed by atoms with van der Waals surface area (Å²) in [7, 11) is 0. The Hall–Kier alpha value is -3.81. The van der Waals surface area contributed by atoms with E-state index in [9.17, 15) is 4.79 Å². The standard InChI is InChI=1S/C22H18N4O4/c27-21(23-11-20-24-14-3-1-2-4-15(14)25-20)22(7-8-22)19-10-17(30-26-19)13-5-6-16-18(9-13)29-12-28-16/h1-6,9-10H,7-8,11-12H2,(H,23,27)(H,24,25). The molecule has 2 aromatic heterocycles. The highest BCUT2D eigenvalue weighted by Crippen LogP contribution is 2.49. The van der Waals surface area contributed by atoms with Crippen molar-refractivity contribution in [3.63, 3.8) is 0 Å². The van der Waals surface area contributed by atoms with Crippen molar-refractivity contribution in [2.24, 2.45) is 0 Å². The molecule has 30 heavy (non-hydrogen) atoms. The zero-order valence-corrected chi connectivity index (χ0v) is 16.0. The molecule has 8 heteroatoms. The van der Waals surface area contributed by atoms with E-state index in [1.54, 1.807) is 0 Å². The quantitative estimate of drug-likeness (QED) is 0.531. The molecule has 1 aliphatic carbocycles. The average molecular weight is 402 g/mol. The molecule has 3 heterocycles. The van der Waals surface area contributed by atoms with Crippen molar-refractivity contribution in [1.29, 1.82) is 0 Å². The number of aromatic amines is 1. The molecule has 0 atom stereocenters. The van der Waals surface area contributed by atoms with Gasteiger partial charge >= 0.3 is 0 Å². The number of hydrogen-bond acceptors (Lipinski definition) is 6. The van der Waals surface area contributed by atoms with Gasteiger partial charge in [0, 0.05) is 11.6 Å². The van der Waals surface area contributed by atoms with Crippen molar-refractivity contribution in [3.8, 4) is 22.8 Å². The lowest BCUT2D eigenvalue weighted by Crippen LogP contribution is -2.34. The van der Waals surface area contributed by atoms with Crippen LogP contribution in [0, 0.1) is 0 Å². The molecule has 1 aliphatic heterocycles. The molecule has 1 fully saturated rings. The largest absolute Gasteiger partial charge is 0.454 e. The summed E-state index contributed by atoms with van der Waals surface area (Å²) in [5, 5.41) is 7.19. The Bertz CT molecular complexity index is 1240. The maximum atomic E-state index is 12.9. The maximum absolute atomic E-state index is 12.9. The van der Waals surface area contributed by atoms with Gasteiger partial charge in [0.05, 0.1) is 28.7 Å². The van der Waals surface area contributed by atoms with E-state index in [1.165, 1.54) is 0 Å². The number of nitrogens with zero attached hydrogens (tertiary/aromatic N) is 2. The van der Waals surface area contributed by atoms with Gasteiger partial charge in [0.25, 0.3) is 0 Å². The summed E-state index contributed by atoms with van der Waals surface area (Å²) in [5.41, 5.74) is 2.68. The van der Waals surface area contributed by atoms with Gasteiger partial charge in [0.15, 0.2) is 17.3 Å². The topological polar surface area (TPSA) is 102 Å². The Morgan fingerprint density at radius 3 is 2.83 bits per heavy atom. The molecule has 150 valence electrons. The Labute approximate surface area is 171 Å². The number of aromatic nitrogens is 3. The second-order valence-electron chi connectivity index (χ2n) is 7.61. The minimum atomic E-state index is -0.635. The lowest BCUT2D eigenvalue weighted by Gasteiger charge is -2.11. The number of carbonyl (C=O) groups is 1. The van der Waals surface area contributed by atoms with Gasteiger partial charge in [-0.3, -0.25) is 4.79 Å². The van der Waals surface area contributed by atoms with Crippen molar-refractivity contribution < 1.29 is 18.8 Å². The predicted molar refractivity (Wildman–Crippen MR) is 107 cm³/mol. The normalized spacial score (nSPS) is 16.0. The highest BCUT2D eigenvalue weighted by Gasteiger charge is 2.53. The molecule has 0 spiro atoms. The monoisotopic (exact) mass is 402 g/mol. The Kier molecular flexibility index (Phi) is 3.61. The van der Waals surface area contributed by atoms with Crippen LogP contribution < -0.4 is 14.8 Å². The highest BCUT2D eigenvalue weighted by atomic mass is 16.7. The maximum Gasteiger partial charge on any atom is 0.232 e. The first kappa shape index (κ1) is 17.1. The second-order valence-corrected chi connectivity index (χ2v) is 7.61. The van der Waals surface area contributed by atoms with Gasteiger partial charge in [-0.1, -0.05) is 17.3 Å². The molecular weight excluding hydrogens is 384 g/mol. The summed E-state index contributed by atoms with van der Waals surface area (Å²) in [6, 6.07) is 15.2. The molecule has 2 aromatic carbocycles. The molecule has 2 N–H and O–H groups in total. The third kappa shape index (κ3) is 2.72. The Balaban J connectivity index is 1.19. The van der Waals surface area contributed by atoms with Gasteiger partial charge in [-0.25, -0.2) is 4.98 Å². The van der Waals surface area contributed by atoms with Gasteiger partial charge in [0.2, 0.25) is 12.7 Å². The van der Waals surface area contributed by atoms with Crippen LogP contribution in [0.4, 0.5) is 0 Å². The van der Waals surface area contributed by atoms with Gasteiger partial charge in [-0.2, -0.15) is 0 Å². The molecule has 0 bridgehead atoms. The summed E-state index contributed by atoms with van der Waals surface area (Å²) in [5.74, 6) is 2.65. The molecular formula is C22H18N4O4. The van der Waals surface area contributed by atoms with Gasteiger partial charge < -0.3 is 24.3 Å². The lowest BCUT2D eigenvalue weighted by molar-refractivity contribution is -0.123. The zero-order valence-electron chi connectivity index (χ0n) is 16.0. The predicted octanol–water partition coefficient (Wildman–Crippen LogP) is 3.29. The molecule has 6 rings (SSSR count). The van der Waals surface area contributed by atoms with Crippen LogP contribution in [0.3, 0.4) is 0 Å². The van der Waals surface area contributed by atoms with E-state index < -0.39 is 5.41 Å². The Morgan fingerprint density at radius 1 is 1.10 bits per heavy atom. The van der Waals surface area contributed by atoms with E-state index in [-0.39, 0.29) is 12.7 Å². The van der Waals surface area contributed by atoms with Crippen molar-refractivity contribution in [3.05, 3.63) is 60.0 Å². The van der Waals surface area contributed by atoms with Gasteiger partial charge in [-0.15, -0.1) is 0 Å². The van der Waals surface area contributed by atoms with Crippen LogP contribution >= 0.6 is 0 Å². The van der Waals surface area contributed by atoms with Crippen LogP contribution in [-0.2, 0) is 16.8 Å². The summed E-state index contributed by atoms with van der Waals surface area (Å²) in [4.78, 5) is 20.7. The molecule has 0 unspecified atom stereocenters. The number of fused-ring (bicyclic) bond motifs is 2. The summed E-state index contributed by atoms with van der Waals surface area (Å²) >= 11 is 0. The fourth-order valence-corrected chi connectivity index (χ4v) is 3.83. The number of benzene rings is 2. The number of imidazole rings is 1. The first-order valence-electron chi connectivity index (χ1n) is 9.80. The van der Waals surface area contributed by atoms with E-state index in [0.29, 0.717) is 29.5 Å². The van der Waals surface area contributed by atoms with Crippen LogP contribution in [0.1, 0.15) is 24.4 Å². The summed E-state index contributed by atoms with van der Waals surface area (Å²) < 4.78 is 16.3. The van der Waals surface area contributed by atoms with Crippen LogP contribution in [0.15, 0.2) is 53.1 Å².